The number of H-pyrrole nitrogens is 1. The van der Waals surface area contributed by atoms with Gasteiger partial charge in [0.15, 0.2) is 15.9 Å². The maximum atomic E-state index is 13.0. The second-order valence-electron chi connectivity index (χ2n) is 4.84. The van der Waals surface area contributed by atoms with Crippen LogP contribution in [0.2, 0.25) is 0 Å². The maximum Gasteiger partial charge on any atom is 0.287 e. The van der Waals surface area contributed by atoms with Crippen LogP contribution >= 0.6 is 15.9 Å². The number of imidazole rings is 2. The number of aromatic nitrogens is 5. The van der Waals surface area contributed by atoms with Crippen LogP contribution in [-0.2, 0) is 6.54 Å². The highest BCUT2D eigenvalue weighted by Crippen LogP contribution is 2.19. The molecular formula is C14H9BrFN5O. The summed E-state index contributed by atoms with van der Waals surface area (Å²) in [6.07, 6.45) is 3.25. The maximum absolute atomic E-state index is 13.0. The van der Waals surface area contributed by atoms with Gasteiger partial charge < -0.3 is 4.98 Å². The van der Waals surface area contributed by atoms with E-state index < -0.39 is 0 Å². The highest BCUT2D eigenvalue weighted by molar-refractivity contribution is 9.10. The zero-order valence-electron chi connectivity index (χ0n) is 11.1. The fourth-order valence-corrected chi connectivity index (χ4v) is 2.85. The predicted molar refractivity (Wildman–Crippen MR) is 82.3 cm³/mol. The molecule has 6 nitrogen and oxygen atoms in total. The van der Waals surface area contributed by atoms with E-state index in [1.165, 1.54) is 16.5 Å². The number of benzene rings is 1. The largest absolute Gasteiger partial charge is 0.330 e. The number of rotatable bonds is 2. The van der Waals surface area contributed by atoms with Gasteiger partial charge in [-0.05, 0) is 33.6 Å². The highest BCUT2D eigenvalue weighted by Gasteiger charge is 2.16. The lowest BCUT2D eigenvalue weighted by molar-refractivity contribution is 0.626. The van der Waals surface area contributed by atoms with E-state index in [1.807, 2.05) is 0 Å². The summed E-state index contributed by atoms with van der Waals surface area (Å²) in [5.74, 6) is 0.160. The SMILES string of the molecule is O=c1c2nc(Br)n(Cc3ccc(F)cc3)c2nc2[nH]ccn12. The molecule has 1 aromatic carbocycles. The molecule has 0 saturated heterocycles. The van der Waals surface area contributed by atoms with Gasteiger partial charge in [-0.1, -0.05) is 12.1 Å². The van der Waals surface area contributed by atoms with Gasteiger partial charge in [0.25, 0.3) is 5.56 Å². The predicted octanol–water partition coefficient (Wildman–Crippen LogP) is 2.32. The van der Waals surface area contributed by atoms with Crippen LogP contribution in [0.5, 0.6) is 0 Å². The molecular weight excluding hydrogens is 353 g/mol. The third-order valence-electron chi connectivity index (χ3n) is 3.45. The van der Waals surface area contributed by atoms with E-state index in [4.69, 9.17) is 0 Å². The number of fused-ring (bicyclic) bond motifs is 2. The lowest BCUT2D eigenvalue weighted by atomic mass is 10.2. The first-order chi connectivity index (χ1) is 10.6. The zero-order valence-corrected chi connectivity index (χ0v) is 12.7. The van der Waals surface area contributed by atoms with Crippen molar-refractivity contribution in [3.05, 3.63) is 63.1 Å². The third kappa shape index (κ3) is 1.95. The minimum atomic E-state index is -0.289. The van der Waals surface area contributed by atoms with Crippen LogP contribution in [-0.4, -0.2) is 23.9 Å². The lowest BCUT2D eigenvalue weighted by Crippen LogP contribution is -2.14. The van der Waals surface area contributed by atoms with Gasteiger partial charge in [0.1, 0.15) is 5.82 Å². The standard InChI is InChI=1S/C14H9BrFN5O/c15-13-18-10-11(19-14-17-5-6-20(14)12(10)22)21(13)7-8-1-3-9(16)4-2-8/h1-6H,7H2,(H,17,19). The van der Waals surface area contributed by atoms with Gasteiger partial charge in [0.2, 0.25) is 5.78 Å². The van der Waals surface area contributed by atoms with Gasteiger partial charge in [0, 0.05) is 12.4 Å². The summed E-state index contributed by atoms with van der Waals surface area (Å²) >= 11 is 3.36. The molecule has 22 heavy (non-hydrogen) atoms. The second-order valence-corrected chi connectivity index (χ2v) is 5.55. The summed E-state index contributed by atoms with van der Waals surface area (Å²) < 4.78 is 16.7. The van der Waals surface area contributed by atoms with Crippen LogP contribution in [0.4, 0.5) is 4.39 Å². The normalized spacial score (nSPS) is 11.5. The molecule has 3 aromatic heterocycles. The Morgan fingerprint density at radius 3 is 2.77 bits per heavy atom. The van der Waals surface area contributed by atoms with Gasteiger partial charge in [-0.2, -0.15) is 4.98 Å². The molecule has 0 radical (unpaired) electrons. The van der Waals surface area contributed by atoms with Gasteiger partial charge >= 0.3 is 0 Å². The molecule has 3 heterocycles. The fourth-order valence-electron chi connectivity index (χ4n) is 2.38. The molecule has 0 saturated carbocycles. The average molecular weight is 362 g/mol. The van der Waals surface area contributed by atoms with E-state index >= 15 is 0 Å². The molecule has 4 aromatic rings. The van der Waals surface area contributed by atoms with Crippen LogP contribution in [0.3, 0.4) is 0 Å². The Morgan fingerprint density at radius 1 is 1.23 bits per heavy atom. The van der Waals surface area contributed by atoms with E-state index in [0.29, 0.717) is 22.7 Å². The van der Waals surface area contributed by atoms with Crippen molar-refractivity contribution in [3.8, 4) is 0 Å². The van der Waals surface area contributed by atoms with Crippen molar-refractivity contribution >= 4 is 32.9 Å². The number of hydrogen-bond donors (Lipinski definition) is 1. The van der Waals surface area contributed by atoms with Crippen LogP contribution in [0.1, 0.15) is 5.56 Å². The van der Waals surface area contributed by atoms with Crippen molar-refractivity contribution in [1.29, 1.82) is 0 Å². The van der Waals surface area contributed by atoms with Crippen molar-refractivity contribution in [2.24, 2.45) is 0 Å². The van der Waals surface area contributed by atoms with Crippen LogP contribution < -0.4 is 5.56 Å². The summed E-state index contributed by atoms with van der Waals surface area (Å²) in [4.78, 5) is 24.0. The Bertz CT molecular complexity index is 1050. The van der Waals surface area contributed by atoms with E-state index in [0.717, 1.165) is 5.56 Å². The zero-order chi connectivity index (χ0) is 15.3. The minimum Gasteiger partial charge on any atom is -0.330 e. The molecule has 0 aliphatic rings. The summed E-state index contributed by atoms with van der Waals surface area (Å²) in [6.45, 7) is 0.431. The first-order valence-electron chi connectivity index (χ1n) is 6.49. The highest BCUT2D eigenvalue weighted by atomic mass is 79.9. The summed E-state index contributed by atoms with van der Waals surface area (Å²) in [6, 6.07) is 6.17. The number of nitrogens with one attached hydrogen (secondary N) is 1. The molecule has 0 amide bonds. The van der Waals surface area contributed by atoms with E-state index in [9.17, 15) is 9.18 Å². The minimum absolute atomic E-state index is 0.236. The van der Waals surface area contributed by atoms with Crippen molar-refractivity contribution < 1.29 is 4.39 Å². The van der Waals surface area contributed by atoms with Crippen LogP contribution in [0.15, 0.2) is 46.2 Å². The molecule has 0 aliphatic carbocycles. The van der Waals surface area contributed by atoms with Gasteiger partial charge in [-0.15, -0.1) is 0 Å². The van der Waals surface area contributed by atoms with Gasteiger partial charge in [-0.25, -0.2) is 9.37 Å². The molecule has 0 bridgehead atoms. The molecule has 0 unspecified atom stereocenters. The molecule has 1 N–H and O–H groups in total. The molecule has 8 heteroatoms. The van der Waals surface area contributed by atoms with Gasteiger partial charge in [-0.3, -0.25) is 13.8 Å². The Kier molecular flexibility index (Phi) is 2.86. The van der Waals surface area contributed by atoms with Crippen LogP contribution in [0.25, 0.3) is 16.9 Å². The summed E-state index contributed by atoms with van der Waals surface area (Å²) in [5.41, 5.74) is 1.41. The first-order valence-corrected chi connectivity index (χ1v) is 7.29. The van der Waals surface area contributed by atoms with Crippen molar-refractivity contribution in [2.75, 3.05) is 0 Å². The van der Waals surface area contributed by atoms with Crippen molar-refractivity contribution in [3.63, 3.8) is 0 Å². The molecule has 4 rings (SSSR count). The lowest BCUT2D eigenvalue weighted by Gasteiger charge is -2.05. The smallest absolute Gasteiger partial charge is 0.287 e. The van der Waals surface area contributed by atoms with E-state index in [2.05, 4.69) is 30.9 Å². The number of hydrogen-bond acceptors (Lipinski definition) is 3. The molecule has 0 atom stereocenters. The number of aromatic amines is 1. The van der Waals surface area contributed by atoms with Crippen molar-refractivity contribution in [2.45, 2.75) is 6.54 Å². The Balaban J connectivity index is 1.93. The van der Waals surface area contributed by atoms with Gasteiger partial charge in [0.05, 0.1) is 6.54 Å². The summed E-state index contributed by atoms with van der Waals surface area (Å²) in [5, 5.41) is 0. The number of halogens is 2. The van der Waals surface area contributed by atoms with Crippen LogP contribution in [0, 0.1) is 5.82 Å². The Hall–Kier alpha value is -2.48. The fraction of sp³-hybridized carbons (Fsp3) is 0.0714. The quantitative estimate of drug-likeness (QED) is 0.557. The average Bonchev–Trinajstić information content (AvgIpc) is 3.09. The van der Waals surface area contributed by atoms with Crippen molar-refractivity contribution in [1.82, 2.24) is 23.9 Å². The topological polar surface area (TPSA) is 68.0 Å². The number of nitrogens with zero attached hydrogens (tertiary/aromatic N) is 4. The molecule has 0 aliphatic heterocycles. The van der Waals surface area contributed by atoms with E-state index in [1.54, 1.807) is 29.1 Å². The monoisotopic (exact) mass is 361 g/mol. The third-order valence-corrected chi connectivity index (χ3v) is 4.05. The Morgan fingerprint density at radius 2 is 2.00 bits per heavy atom. The molecule has 0 spiro atoms. The van der Waals surface area contributed by atoms with E-state index in [-0.39, 0.29) is 16.9 Å². The second kappa shape index (κ2) is 4.77. The Labute approximate surface area is 131 Å². The summed E-state index contributed by atoms with van der Waals surface area (Å²) in [7, 11) is 0. The molecule has 0 fully saturated rings. The first kappa shape index (κ1) is 13.2. The molecule has 110 valence electrons.